The van der Waals surface area contributed by atoms with E-state index >= 15 is 0 Å². The molecule has 7 heteroatoms. The Kier molecular flexibility index (Phi) is 5.46. The van der Waals surface area contributed by atoms with Gasteiger partial charge in [0, 0.05) is 11.3 Å². The van der Waals surface area contributed by atoms with Gasteiger partial charge < -0.3 is 5.32 Å². The predicted octanol–water partition coefficient (Wildman–Crippen LogP) is 4.50. The number of sulfonamides is 1. The van der Waals surface area contributed by atoms with E-state index in [0.29, 0.717) is 11.4 Å². The molecule has 144 valence electrons. The fourth-order valence-electron chi connectivity index (χ4n) is 2.60. The van der Waals surface area contributed by atoms with Crippen molar-refractivity contribution >= 4 is 27.3 Å². The van der Waals surface area contributed by atoms with Crippen LogP contribution in [0.25, 0.3) is 0 Å². The topological polar surface area (TPSA) is 75.3 Å². The Labute approximate surface area is 163 Å². The molecular weight excluding hydrogens is 379 g/mol. The van der Waals surface area contributed by atoms with Crippen molar-refractivity contribution in [3.63, 3.8) is 0 Å². The van der Waals surface area contributed by atoms with E-state index in [0.717, 1.165) is 17.2 Å². The first kappa shape index (κ1) is 19.6. The van der Waals surface area contributed by atoms with E-state index < -0.39 is 21.7 Å². The molecule has 2 N–H and O–H groups in total. The van der Waals surface area contributed by atoms with E-state index in [-0.39, 0.29) is 10.5 Å². The number of halogens is 1. The number of aryl methyl sites for hydroxylation is 2. The van der Waals surface area contributed by atoms with Gasteiger partial charge in [-0.1, -0.05) is 18.2 Å². The average molecular weight is 398 g/mol. The van der Waals surface area contributed by atoms with Crippen LogP contribution in [-0.2, 0) is 10.0 Å². The van der Waals surface area contributed by atoms with Gasteiger partial charge in [0.05, 0.1) is 10.6 Å². The molecule has 0 atom stereocenters. The summed E-state index contributed by atoms with van der Waals surface area (Å²) in [6, 6.07) is 16.6. The number of nitrogens with one attached hydrogen (secondary N) is 2. The first-order valence-electron chi connectivity index (χ1n) is 8.52. The Bertz CT molecular complexity index is 1130. The van der Waals surface area contributed by atoms with Crippen molar-refractivity contribution in [3.8, 4) is 0 Å². The zero-order valence-electron chi connectivity index (χ0n) is 15.4. The Morgan fingerprint density at radius 1 is 0.929 bits per heavy atom. The quantitative estimate of drug-likeness (QED) is 0.665. The Morgan fingerprint density at radius 3 is 2.32 bits per heavy atom. The van der Waals surface area contributed by atoms with Crippen molar-refractivity contribution in [2.45, 2.75) is 18.7 Å². The third-order valence-corrected chi connectivity index (χ3v) is 5.53. The molecule has 0 bridgehead atoms. The second-order valence-corrected chi connectivity index (χ2v) is 8.10. The fourth-order valence-corrected chi connectivity index (χ4v) is 3.72. The van der Waals surface area contributed by atoms with Crippen molar-refractivity contribution in [3.05, 3.63) is 89.2 Å². The average Bonchev–Trinajstić information content (AvgIpc) is 2.65. The maximum Gasteiger partial charge on any atom is 0.261 e. The molecule has 0 unspecified atom stereocenters. The number of hydrogen-bond acceptors (Lipinski definition) is 3. The number of hydrogen-bond donors (Lipinski definition) is 2. The Balaban J connectivity index is 1.76. The molecule has 0 spiro atoms. The zero-order valence-corrected chi connectivity index (χ0v) is 16.2. The molecule has 0 aliphatic heterocycles. The van der Waals surface area contributed by atoms with E-state index in [1.54, 1.807) is 6.07 Å². The number of anilines is 2. The largest absolute Gasteiger partial charge is 0.322 e. The summed E-state index contributed by atoms with van der Waals surface area (Å²) in [7, 11) is -3.77. The summed E-state index contributed by atoms with van der Waals surface area (Å²) in [6.45, 7) is 3.70. The summed E-state index contributed by atoms with van der Waals surface area (Å²) >= 11 is 0. The van der Waals surface area contributed by atoms with Gasteiger partial charge in [-0.25, -0.2) is 12.8 Å². The van der Waals surface area contributed by atoms with Crippen molar-refractivity contribution in [2.75, 3.05) is 10.0 Å². The molecule has 5 nitrogen and oxygen atoms in total. The van der Waals surface area contributed by atoms with E-state index in [1.807, 2.05) is 26.0 Å². The monoisotopic (exact) mass is 398 g/mol. The van der Waals surface area contributed by atoms with E-state index in [1.165, 1.54) is 42.5 Å². The number of rotatable bonds is 5. The van der Waals surface area contributed by atoms with Crippen molar-refractivity contribution < 1.29 is 17.6 Å². The lowest BCUT2D eigenvalue weighted by Gasteiger charge is -2.12. The maximum atomic E-state index is 13.2. The Morgan fingerprint density at radius 2 is 1.64 bits per heavy atom. The predicted molar refractivity (Wildman–Crippen MR) is 108 cm³/mol. The molecule has 3 aromatic carbocycles. The van der Waals surface area contributed by atoms with Crippen molar-refractivity contribution in [1.82, 2.24) is 0 Å². The number of carbonyl (C=O) groups excluding carboxylic acids is 1. The first-order valence-corrected chi connectivity index (χ1v) is 10.00. The van der Waals surface area contributed by atoms with Crippen LogP contribution in [0, 0.1) is 19.7 Å². The third kappa shape index (κ3) is 4.55. The van der Waals surface area contributed by atoms with E-state index in [2.05, 4.69) is 10.0 Å². The van der Waals surface area contributed by atoms with Crippen LogP contribution in [0.2, 0.25) is 0 Å². The smallest absolute Gasteiger partial charge is 0.261 e. The summed E-state index contributed by atoms with van der Waals surface area (Å²) in [5, 5.41) is 2.61. The molecule has 3 aromatic rings. The third-order valence-electron chi connectivity index (χ3n) is 4.15. The highest BCUT2D eigenvalue weighted by Crippen LogP contribution is 2.22. The minimum absolute atomic E-state index is 0.0668. The van der Waals surface area contributed by atoms with E-state index in [4.69, 9.17) is 0 Å². The van der Waals surface area contributed by atoms with Crippen LogP contribution in [0.5, 0.6) is 0 Å². The van der Waals surface area contributed by atoms with Gasteiger partial charge in [0.1, 0.15) is 5.82 Å². The normalized spacial score (nSPS) is 11.1. The van der Waals surface area contributed by atoms with Gasteiger partial charge in [-0.15, -0.1) is 0 Å². The van der Waals surface area contributed by atoms with Crippen LogP contribution in [-0.4, -0.2) is 14.3 Å². The summed E-state index contributed by atoms with van der Waals surface area (Å²) in [4.78, 5) is 12.2. The molecule has 3 rings (SSSR count). The summed E-state index contributed by atoms with van der Waals surface area (Å²) in [5.41, 5.74) is 2.85. The van der Waals surface area contributed by atoms with Crippen LogP contribution in [0.1, 0.15) is 21.5 Å². The van der Waals surface area contributed by atoms with Gasteiger partial charge in [-0.2, -0.15) is 0 Å². The lowest BCUT2D eigenvalue weighted by Crippen LogP contribution is -2.15. The molecule has 0 aliphatic carbocycles. The van der Waals surface area contributed by atoms with Crippen LogP contribution in [0.4, 0.5) is 15.8 Å². The molecule has 0 radical (unpaired) electrons. The number of amides is 1. The molecule has 0 saturated carbocycles. The number of benzene rings is 3. The van der Waals surface area contributed by atoms with E-state index in [9.17, 15) is 17.6 Å². The summed E-state index contributed by atoms with van der Waals surface area (Å²) in [5.74, 6) is -0.991. The SMILES string of the molecule is Cc1ccc(C)c(NS(=O)(=O)c2ccc(NC(=O)c3cccc(F)c3)cc2)c1. The zero-order chi connectivity index (χ0) is 20.3. The van der Waals surface area contributed by atoms with Crippen molar-refractivity contribution in [2.24, 2.45) is 0 Å². The molecule has 28 heavy (non-hydrogen) atoms. The fraction of sp³-hybridized carbons (Fsp3) is 0.0952. The Hall–Kier alpha value is -3.19. The van der Waals surface area contributed by atoms with Crippen LogP contribution >= 0.6 is 0 Å². The second kappa shape index (κ2) is 7.82. The molecule has 0 saturated heterocycles. The molecular formula is C21H19FN2O3S. The highest BCUT2D eigenvalue weighted by Gasteiger charge is 2.16. The molecule has 1 amide bonds. The van der Waals surface area contributed by atoms with Crippen LogP contribution in [0.3, 0.4) is 0 Å². The lowest BCUT2D eigenvalue weighted by atomic mass is 10.1. The highest BCUT2D eigenvalue weighted by molar-refractivity contribution is 7.92. The maximum absolute atomic E-state index is 13.2. The van der Waals surface area contributed by atoms with Gasteiger partial charge in [-0.3, -0.25) is 9.52 Å². The van der Waals surface area contributed by atoms with Gasteiger partial charge in [0.15, 0.2) is 0 Å². The summed E-state index contributed by atoms with van der Waals surface area (Å²) in [6.07, 6.45) is 0. The molecule has 0 fully saturated rings. The minimum Gasteiger partial charge on any atom is -0.322 e. The van der Waals surface area contributed by atoms with Gasteiger partial charge >= 0.3 is 0 Å². The lowest BCUT2D eigenvalue weighted by molar-refractivity contribution is 0.102. The van der Waals surface area contributed by atoms with Gasteiger partial charge in [0.25, 0.3) is 15.9 Å². The van der Waals surface area contributed by atoms with Crippen LogP contribution in [0.15, 0.2) is 71.6 Å². The summed E-state index contributed by atoms with van der Waals surface area (Å²) < 4.78 is 41.0. The standard InChI is InChI=1S/C21H19FN2O3S/c1-14-6-7-15(2)20(12-14)24-28(26,27)19-10-8-18(9-11-19)23-21(25)16-4-3-5-17(22)13-16/h3-13,24H,1-2H3,(H,23,25). The van der Waals surface area contributed by atoms with Gasteiger partial charge in [0.2, 0.25) is 0 Å². The molecule has 0 aromatic heterocycles. The highest BCUT2D eigenvalue weighted by atomic mass is 32.2. The molecule has 0 aliphatic rings. The van der Waals surface area contributed by atoms with Crippen molar-refractivity contribution in [1.29, 1.82) is 0 Å². The molecule has 0 heterocycles. The van der Waals surface area contributed by atoms with Crippen LogP contribution < -0.4 is 10.0 Å². The van der Waals surface area contributed by atoms with Gasteiger partial charge in [-0.05, 0) is 73.5 Å². The number of carbonyl (C=O) groups is 1. The first-order chi connectivity index (χ1) is 13.2. The second-order valence-electron chi connectivity index (χ2n) is 6.41. The minimum atomic E-state index is -3.77.